The van der Waals surface area contributed by atoms with Gasteiger partial charge in [0.2, 0.25) is 11.0 Å². The first-order valence-corrected chi connectivity index (χ1v) is 10.5. The number of nitrogens with zero attached hydrogens (tertiary/aromatic N) is 3. The molecule has 1 aromatic heterocycles. The third-order valence-electron chi connectivity index (χ3n) is 3.77. The number of carbonyl (C=O) groups excluding carboxylic acids is 1. The van der Waals surface area contributed by atoms with E-state index in [-0.39, 0.29) is 22.3 Å². The van der Waals surface area contributed by atoms with Crippen LogP contribution in [0.15, 0.2) is 46.8 Å². The lowest BCUT2D eigenvalue weighted by atomic mass is 10.2. The highest BCUT2D eigenvalue weighted by molar-refractivity contribution is 8.02. The minimum atomic E-state index is -0.548. The molecule has 1 amide bonds. The number of nitro benzene ring substituents is 1. The molecule has 0 radical (unpaired) electrons. The summed E-state index contributed by atoms with van der Waals surface area (Å²) in [4.78, 5) is 22.8. The Labute approximate surface area is 179 Å². The first-order chi connectivity index (χ1) is 13.8. The molecule has 0 saturated carbocycles. The second-order valence-electron chi connectivity index (χ2n) is 6.03. The lowest BCUT2D eigenvalue weighted by Gasteiger charge is -2.11. The van der Waals surface area contributed by atoms with Crippen LogP contribution >= 0.6 is 34.7 Å². The molecule has 0 aliphatic carbocycles. The molecule has 8 nitrogen and oxygen atoms in total. The molecule has 3 rings (SSSR count). The van der Waals surface area contributed by atoms with Gasteiger partial charge in [-0.15, -0.1) is 10.2 Å². The normalized spacial score (nSPS) is 11.7. The monoisotopic (exact) mass is 449 g/mol. The summed E-state index contributed by atoms with van der Waals surface area (Å²) in [6.07, 6.45) is 0. The number of aromatic nitrogens is 2. The number of amides is 1. The molecule has 150 valence electrons. The Morgan fingerprint density at radius 2 is 1.97 bits per heavy atom. The first-order valence-electron chi connectivity index (χ1n) is 8.40. The predicted molar refractivity (Wildman–Crippen MR) is 116 cm³/mol. The minimum absolute atomic E-state index is 0.152. The number of anilines is 3. The Morgan fingerprint density at radius 1 is 1.24 bits per heavy atom. The number of hydrogen-bond acceptors (Lipinski definition) is 8. The summed E-state index contributed by atoms with van der Waals surface area (Å²) in [6.45, 7) is 3.72. The molecule has 0 aliphatic heterocycles. The number of halogens is 1. The maximum atomic E-state index is 12.5. The van der Waals surface area contributed by atoms with E-state index in [0.717, 1.165) is 11.3 Å². The van der Waals surface area contributed by atoms with Gasteiger partial charge in [0, 0.05) is 17.8 Å². The molecule has 1 unspecified atom stereocenters. The standard InChI is InChI=1S/C18H16ClN5O3S2/c1-10-3-5-12(6-4-10)20-17-22-23-18(29-17)28-11(2)16(25)21-15-9-13(24(26)27)7-8-14(15)19/h3-9,11H,1-2H3,(H,20,22)(H,21,25). The van der Waals surface area contributed by atoms with Crippen molar-refractivity contribution < 1.29 is 9.72 Å². The van der Waals surface area contributed by atoms with Gasteiger partial charge in [-0.25, -0.2) is 0 Å². The quantitative estimate of drug-likeness (QED) is 0.287. The van der Waals surface area contributed by atoms with E-state index in [1.54, 1.807) is 6.92 Å². The van der Waals surface area contributed by atoms with E-state index in [1.165, 1.54) is 41.3 Å². The summed E-state index contributed by atoms with van der Waals surface area (Å²) in [6, 6.07) is 11.8. The molecule has 1 heterocycles. The minimum Gasteiger partial charge on any atom is -0.330 e. The van der Waals surface area contributed by atoms with E-state index < -0.39 is 10.2 Å². The molecular formula is C18H16ClN5O3S2. The maximum Gasteiger partial charge on any atom is 0.271 e. The lowest BCUT2D eigenvalue weighted by molar-refractivity contribution is -0.384. The van der Waals surface area contributed by atoms with Crippen LogP contribution in [0.3, 0.4) is 0 Å². The van der Waals surface area contributed by atoms with Gasteiger partial charge >= 0.3 is 0 Å². The van der Waals surface area contributed by atoms with Crippen molar-refractivity contribution in [3.05, 3.63) is 63.2 Å². The van der Waals surface area contributed by atoms with Crippen molar-refractivity contribution in [3.8, 4) is 0 Å². The van der Waals surface area contributed by atoms with E-state index in [9.17, 15) is 14.9 Å². The summed E-state index contributed by atoms with van der Waals surface area (Å²) in [5.41, 5.74) is 2.10. The molecule has 2 aromatic carbocycles. The third-order valence-corrected chi connectivity index (χ3v) is 6.13. The Bertz CT molecular complexity index is 1040. The molecule has 0 fully saturated rings. The fourth-order valence-corrected chi connectivity index (χ4v) is 4.31. The number of aryl methyl sites for hydroxylation is 1. The van der Waals surface area contributed by atoms with Gasteiger partial charge in [0.1, 0.15) is 0 Å². The van der Waals surface area contributed by atoms with Crippen molar-refractivity contribution >= 4 is 62.8 Å². The molecule has 1 atom stereocenters. The van der Waals surface area contributed by atoms with Crippen molar-refractivity contribution in [1.82, 2.24) is 10.2 Å². The van der Waals surface area contributed by atoms with E-state index in [1.807, 2.05) is 31.2 Å². The van der Waals surface area contributed by atoms with Crippen LogP contribution in [-0.4, -0.2) is 26.3 Å². The van der Waals surface area contributed by atoms with Gasteiger partial charge in [0.25, 0.3) is 5.69 Å². The van der Waals surface area contributed by atoms with Crippen LogP contribution in [0.25, 0.3) is 0 Å². The Balaban J connectivity index is 1.61. The smallest absolute Gasteiger partial charge is 0.271 e. The molecule has 0 saturated heterocycles. The second-order valence-corrected chi connectivity index (χ2v) is 9.01. The number of rotatable bonds is 7. The first kappa shape index (κ1) is 21.0. The van der Waals surface area contributed by atoms with Crippen LogP contribution in [0.1, 0.15) is 12.5 Å². The summed E-state index contributed by atoms with van der Waals surface area (Å²) in [5, 5.41) is 25.2. The van der Waals surface area contributed by atoms with Gasteiger partial charge in [-0.1, -0.05) is 52.4 Å². The van der Waals surface area contributed by atoms with Gasteiger partial charge in [-0.2, -0.15) is 0 Å². The van der Waals surface area contributed by atoms with Gasteiger partial charge < -0.3 is 10.6 Å². The van der Waals surface area contributed by atoms with Gasteiger partial charge in [-0.05, 0) is 32.0 Å². The highest BCUT2D eigenvalue weighted by Crippen LogP contribution is 2.32. The Hall–Kier alpha value is -2.69. The van der Waals surface area contributed by atoms with Crippen molar-refractivity contribution in [1.29, 1.82) is 0 Å². The maximum absolute atomic E-state index is 12.5. The zero-order valence-corrected chi connectivity index (χ0v) is 17.8. The van der Waals surface area contributed by atoms with Gasteiger partial charge in [0.05, 0.1) is 20.9 Å². The second kappa shape index (κ2) is 9.21. The highest BCUT2D eigenvalue weighted by atomic mass is 35.5. The number of thioether (sulfide) groups is 1. The number of nitrogens with one attached hydrogen (secondary N) is 2. The third kappa shape index (κ3) is 5.66. The van der Waals surface area contributed by atoms with Crippen LogP contribution in [0, 0.1) is 17.0 Å². The van der Waals surface area contributed by atoms with Crippen LogP contribution in [0.2, 0.25) is 5.02 Å². The molecule has 2 N–H and O–H groups in total. The average molecular weight is 450 g/mol. The SMILES string of the molecule is Cc1ccc(Nc2nnc(SC(C)C(=O)Nc3cc([N+](=O)[O-])ccc3Cl)s2)cc1. The van der Waals surface area contributed by atoms with Crippen molar-refractivity contribution in [2.75, 3.05) is 10.6 Å². The van der Waals surface area contributed by atoms with E-state index in [2.05, 4.69) is 20.8 Å². The van der Waals surface area contributed by atoms with E-state index in [4.69, 9.17) is 11.6 Å². The number of benzene rings is 2. The van der Waals surface area contributed by atoms with Crippen LogP contribution in [0.5, 0.6) is 0 Å². The van der Waals surface area contributed by atoms with Crippen molar-refractivity contribution in [2.45, 2.75) is 23.4 Å². The molecule has 3 aromatic rings. The highest BCUT2D eigenvalue weighted by Gasteiger charge is 2.19. The van der Waals surface area contributed by atoms with Crippen LogP contribution in [0.4, 0.5) is 22.2 Å². The number of non-ortho nitro benzene ring substituents is 1. The predicted octanol–water partition coefficient (Wildman–Crippen LogP) is 5.27. The molecule has 0 aliphatic rings. The van der Waals surface area contributed by atoms with Gasteiger partial charge in [-0.3, -0.25) is 14.9 Å². The summed E-state index contributed by atoms with van der Waals surface area (Å²) in [7, 11) is 0. The molecular weight excluding hydrogens is 434 g/mol. The fourth-order valence-electron chi connectivity index (χ4n) is 2.23. The average Bonchev–Trinajstić information content (AvgIpc) is 3.11. The van der Waals surface area contributed by atoms with Crippen LogP contribution < -0.4 is 10.6 Å². The number of nitro groups is 1. The summed E-state index contributed by atoms with van der Waals surface area (Å²) >= 11 is 8.59. The topological polar surface area (TPSA) is 110 Å². The Kier molecular flexibility index (Phi) is 6.68. The van der Waals surface area contributed by atoms with Crippen LogP contribution in [-0.2, 0) is 4.79 Å². The zero-order valence-electron chi connectivity index (χ0n) is 15.4. The Morgan fingerprint density at radius 3 is 2.66 bits per heavy atom. The molecule has 0 bridgehead atoms. The largest absolute Gasteiger partial charge is 0.330 e. The number of carbonyl (C=O) groups is 1. The fraction of sp³-hybridized carbons (Fsp3) is 0.167. The van der Waals surface area contributed by atoms with Gasteiger partial charge in [0.15, 0.2) is 4.34 Å². The lowest BCUT2D eigenvalue weighted by Crippen LogP contribution is -2.22. The summed E-state index contributed by atoms with van der Waals surface area (Å²) in [5.74, 6) is -0.347. The zero-order chi connectivity index (χ0) is 21.0. The van der Waals surface area contributed by atoms with Crippen molar-refractivity contribution in [2.24, 2.45) is 0 Å². The number of hydrogen-bond donors (Lipinski definition) is 2. The van der Waals surface area contributed by atoms with E-state index >= 15 is 0 Å². The molecule has 11 heteroatoms. The molecule has 0 spiro atoms. The van der Waals surface area contributed by atoms with Crippen molar-refractivity contribution in [3.63, 3.8) is 0 Å². The summed E-state index contributed by atoms with van der Waals surface area (Å²) < 4.78 is 0.618. The van der Waals surface area contributed by atoms with E-state index in [0.29, 0.717) is 9.47 Å². The molecule has 29 heavy (non-hydrogen) atoms.